The third kappa shape index (κ3) is 10.0. The molecule has 184 valence electrons. The monoisotopic (exact) mass is 443 g/mol. The standard InChI is InChI=1S/C19H21NO.C3H8.4C2H6/c1-13(2)18-16-11-8-7-9-14(16)15-10-5-4-6-12-17(15)20(3)19(18)21;1-3-2;4*1-2/h5-13,18H,4H2,1-3H3;3H2,1-2H3;4*1-2H3. The molecule has 1 aliphatic carbocycles. The highest BCUT2D eigenvalue weighted by Gasteiger charge is 2.34. The molecule has 1 amide bonds. The Morgan fingerprint density at radius 1 is 0.875 bits per heavy atom. The first-order valence-electron chi connectivity index (χ1n) is 13.0. The first kappa shape index (κ1) is 34.5. The van der Waals surface area contributed by atoms with Crippen LogP contribution in [0.2, 0.25) is 0 Å². The van der Waals surface area contributed by atoms with Crippen LogP contribution in [0.5, 0.6) is 0 Å². The van der Waals surface area contributed by atoms with Gasteiger partial charge >= 0.3 is 0 Å². The number of nitrogens with zero attached hydrogens (tertiary/aromatic N) is 1. The Morgan fingerprint density at radius 2 is 1.34 bits per heavy atom. The van der Waals surface area contributed by atoms with Gasteiger partial charge in [-0.25, -0.2) is 0 Å². The number of benzene rings is 1. The van der Waals surface area contributed by atoms with E-state index < -0.39 is 0 Å². The number of carbonyl (C=O) groups is 1. The Labute approximate surface area is 201 Å². The minimum absolute atomic E-state index is 0.0834. The first-order valence-corrected chi connectivity index (χ1v) is 13.0. The van der Waals surface area contributed by atoms with Gasteiger partial charge in [0.1, 0.15) is 0 Å². The van der Waals surface area contributed by atoms with Crippen LogP contribution in [0.4, 0.5) is 0 Å². The molecule has 2 aliphatic rings. The van der Waals surface area contributed by atoms with Gasteiger partial charge in [-0.05, 0) is 29.5 Å². The zero-order chi connectivity index (χ0) is 25.7. The molecule has 0 fully saturated rings. The molecular formula is C30H53NO. The molecular weight excluding hydrogens is 390 g/mol. The second kappa shape index (κ2) is 22.1. The van der Waals surface area contributed by atoms with Crippen molar-refractivity contribution in [3.05, 3.63) is 65.4 Å². The van der Waals surface area contributed by atoms with E-state index in [4.69, 9.17) is 0 Å². The molecule has 3 rings (SSSR count). The molecule has 1 atom stereocenters. The Kier molecular flexibility index (Phi) is 23.9. The summed E-state index contributed by atoms with van der Waals surface area (Å²) >= 11 is 0. The van der Waals surface area contributed by atoms with Gasteiger partial charge in [-0.3, -0.25) is 4.79 Å². The van der Waals surface area contributed by atoms with Crippen LogP contribution in [-0.2, 0) is 4.79 Å². The Hall–Kier alpha value is -2.09. The van der Waals surface area contributed by atoms with E-state index in [2.05, 4.69) is 70.2 Å². The van der Waals surface area contributed by atoms with Crippen molar-refractivity contribution in [1.82, 2.24) is 4.90 Å². The molecule has 1 aliphatic heterocycles. The lowest BCUT2D eigenvalue weighted by atomic mass is 9.84. The van der Waals surface area contributed by atoms with Gasteiger partial charge in [-0.2, -0.15) is 0 Å². The number of rotatable bonds is 1. The van der Waals surface area contributed by atoms with E-state index in [9.17, 15) is 4.79 Å². The molecule has 1 unspecified atom stereocenters. The fraction of sp³-hybridized carbons (Fsp3) is 0.567. The van der Waals surface area contributed by atoms with Crippen LogP contribution < -0.4 is 0 Å². The molecule has 0 saturated heterocycles. The van der Waals surface area contributed by atoms with E-state index in [1.807, 2.05) is 73.4 Å². The maximum absolute atomic E-state index is 13.0. The molecule has 1 aromatic carbocycles. The minimum atomic E-state index is -0.0834. The highest BCUT2D eigenvalue weighted by Crippen LogP contribution is 2.39. The van der Waals surface area contributed by atoms with E-state index in [1.165, 1.54) is 12.0 Å². The average Bonchev–Trinajstić information content (AvgIpc) is 3.14. The van der Waals surface area contributed by atoms with Gasteiger partial charge in [-0.15, -0.1) is 0 Å². The minimum Gasteiger partial charge on any atom is -0.314 e. The van der Waals surface area contributed by atoms with Gasteiger partial charge in [0.15, 0.2) is 0 Å². The summed E-state index contributed by atoms with van der Waals surface area (Å²) in [7, 11) is 1.89. The Bertz CT molecular complexity index is 680. The number of carbonyl (C=O) groups excluding carboxylic acids is 1. The van der Waals surface area contributed by atoms with Crippen LogP contribution in [-0.4, -0.2) is 17.9 Å². The summed E-state index contributed by atoms with van der Waals surface area (Å²) in [5.41, 5.74) is 4.49. The average molecular weight is 444 g/mol. The fourth-order valence-corrected chi connectivity index (χ4v) is 3.26. The molecule has 0 bridgehead atoms. The number of fused-ring (bicyclic) bond motifs is 2. The van der Waals surface area contributed by atoms with Crippen molar-refractivity contribution in [3.8, 4) is 0 Å². The fourth-order valence-electron chi connectivity index (χ4n) is 3.26. The predicted octanol–water partition coefficient (Wildman–Crippen LogP) is 9.65. The molecule has 1 aromatic rings. The van der Waals surface area contributed by atoms with Gasteiger partial charge < -0.3 is 4.90 Å². The number of hydrogen-bond donors (Lipinski definition) is 0. The topological polar surface area (TPSA) is 20.3 Å². The van der Waals surface area contributed by atoms with Gasteiger partial charge in [0.05, 0.1) is 11.6 Å². The summed E-state index contributed by atoms with van der Waals surface area (Å²) in [5, 5.41) is 0. The Morgan fingerprint density at radius 3 is 1.84 bits per heavy atom. The van der Waals surface area contributed by atoms with Crippen molar-refractivity contribution in [1.29, 1.82) is 0 Å². The largest absolute Gasteiger partial charge is 0.314 e. The van der Waals surface area contributed by atoms with E-state index in [-0.39, 0.29) is 17.7 Å². The summed E-state index contributed by atoms with van der Waals surface area (Å²) in [6.45, 7) is 24.5. The van der Waals surface area contributed by atoms with Crippen LogP contribution >= 0.6 is 0 Å². The van der Waals surface area contributed by atoms with Crippen LogP contribution in [0, 0.1) is 5.92 Å². The van der Waals surface area contributed by atoms with Gasteiger partial charge in [-0.1, -0.05) is 132 Å². The normalized spacial score (nSPS) is 15.2. The first-order chi connectivity index (χ1) is 15.5. The summed E-state index contributed by atoms with van der Waals surface area (Å²) < 4.78 is 0. The number of amides is 1. The summed E-state index contributed by atoms with van der Waals surface area (Å²) in [6, 6.07) is 8.32. The van der Waals surface area contributed by atoms with Crippen molar-refractivity contribution in [2.45, 2.75) is 102 Å². The number of allylic oxidation sites excluding steroid dienone is 5. The second-order valence-corrected chi connectivity index (χ2v) is 6.75. The number of likely N-dealkylation sites (N-methyl/N-ethyl adjacent to an activating group) is 1. The third-order valence-corrected chi connectivity index (χ3v) is 4.32. The van der Waals surface area contributed by atoms with Crippen molar-refractivity contribution < 1.29 is 4.79 Å². The van der Waals surface area contributed by atoms with Crippen LogP contribution in [0.1, 0.15) is 113 Å². The molecule has 2 nitrogen and oxygen atoms in total. The Balaban J connectivity index is -0.000000665. The molecule has 0 saturated carbocycles. The highest BCUT2D eigenvalue weighted by molar-refractivity contribution is 5.94. The van der Waals surface area contributed by atoms with Crippen molar-refractivity contribution >= 4 is 11.5 Å². The number of hydrogen-bond acceptors (Lipinski definition) is 1. The lowest BCUT2D eigenvalue weighted by molar-refractivity contribution is -0.130. The summed E-state index contributed by atoms with van der Waals surface area (Å²) in [4.78, 5) is 14.8. The summed E-state index contributed by atoms with van der Waals surface area (Å²) in [6.07, 6.45) is 10.7. The quantitative estimate of drug-likeness (QED) is 0.423. The molecule has 2 heteroatoms. The molecule has 32 heavy (non-hydrogen) atoms. The van der Waals surface area contributed by atoms with Crippen molar-refractivity contribution in [3.63, 3.8) is 0 Å². The molecule has 0 N–H and O–H groups in total. The van der Waals surface area contributed by atoms with E-state index in [1.54, 1.807) is 0 Å². The third-order valence-electron chi connectivity index (χ3n) is 4.32. The van der Waals surface area contributed by atoms with Crippen LogP contribution in [0.25, 0.3) is 5.57 Å². The highest BCUT2D eigenvalue weighted by atomic mass is 16.2. The molecule has 0 radical (unpaired) electrons. The molecule has 1 heterocycles. The smallest absolute Gasteiger partial charge is 0.234 e. The van der Waals surface area contributed by atoms with E-state index in [0.717, 1.165) is 23.3 Å². The van der Waals surface area contributed by atoms with Gasteiger partial charge in [0.25, 0.3) is 0 Å². The lowest BCUT2D eigenvalue weighted by Crippen LogP contribution is -2.32. The maximum atomic E-state index is 13.0. The van der Waals surface area contributed by atoms with Gasteiger partial charge in [0, 0.05) is 12.6 Å². The van der Waals surface area contributed by atoms with Crippen LogP contribution in [0.3, 0.4) is 0 Å². The van der Waals surface area contributed by atoms with E-state index in [0.29, 0.717) is 0 Å². The SMILES string of the molecule is CC.CC.CC.CC.CC(C)C1C(=O)N(C)C2=C(C=CCC=C2)c2ccccc21.CCC. The zero-order valence-electron chi connectivity index (χ0n) is 23.5. The molecule has 0 spiro atoms. The van der Waals surface area contributed by atoms with E-state index >= 15 is 0 Å². The van der Waals surface area contributed by atoms with Crippen LogP contribution in [0.15, 0.2) is 54.3 Å². The predicted molar refractivity (Wildman–Crippen MR) is 148 cm³/mol. The maximum Gasteiger partial charge on any atom is 0.234 e. The summed E-state index contributed by atoms with van der Waals surface area (Å²) in [5.74, 6) is 0.375. The lowest BCUT2D eigenvalue weighted by Gasteiger charge is -2.25. The van der Waals surface area contributed by atoms with Crippen molar-refractivity contribution in [2.24, 2.45) is 5.92 Å². The van der Waals surface area contributed by atoms with Crippen molar-refractivity contribution in [2.75, 3.05) is 7.05 Å². The molecule has 0 aromatic heterocycles. The second-order valence-electron chi connectivity index (χ2n) is 6.75. The zero-order valence-corrected chi connectivity index (χ0v) is 23.5. The van der Waals surface area contributed by atoms with Gasteiger partial charge in [0.2, 0.25) is 5.91 Å².